The molecule has 1 aliphatic heterocycles. The van der Waals surface area contributed by atoms with Crippen molar-refractivity contribution in [3.05, 3.63) is 59.7 Å². The summed E-state index contributed by atoms with van der Waals surface area (Å²) in [6, 6.07) is 13.8. The van der Waals surface area contributed by atoms with Crippen LogP contribution in [0, 0.1) is 0 Å². The molecule has 7 heteroatoms. The number of ether oxygens (including phenoxy) is 1. The number of carbonyl (C=O) groups excluding carboxylic acids is 1. The highest BCUT2D eigenvalue weighted by Crippen LogP contribution is 2.21. The number of nitrogens with zero attached hydrogens (tertiary/aromatic N) is 1. The maximum atomic E-state index is 13.0. The standard InChI is InChI=1S/C23H30N2O4S/c1-18(2)29-21-12-10-19(11-13-21)17-24-23(26)20-8-7-9-22(16-20)30(27,28)25-14-5-3-4-6-15-25/h7-13,16,18H,3-6,14-15,17H2,1-2H3,(H,24,26). The second-order valence-corrected chi connectivity index (χ2v) is 9.78. The molecule has 6 nitrogen and oxygen atoms in total. The van der Waals surface area contributed by atoms with Gasteiger partial charge in [0, 0.05) is 25.2 Å². The first-order valence-electron chi connectivity index (χ1n) is 10.5. The summed E-state index contributed by atoms with van der Waals surface area (Å²) < 4.78 is 33.1. The smallest absolute Gasteiger partial charge is 0.251 e. The third-order valence-electron chi connectivity index (χ3n) is 5.05. The van der Waals surface area contributed by atoms with Crippen LogP contribution < -0.4 is 10.1 Å². The largest absolute Gasteiger partial charge is 0.491 e. The lowest BCUT2D eigenvalue weighted by atomic mass is 10.2. The van der Waals surface area contributed by atoms with Crippen LogP contribution in [-0.4, -0.2) is 37.8 Å². The van der Waals surface area contributed by atoms with Gasteiger partial charge in [-0.2, -0.15) is 4.31 Å². The van der Waals surface area contributed by atoms with Crippen molar-refractivity contribution >= 4 is 15.9 Å². The highest BCUT2D eigenvalue weighted by Gasteiger charge is 2.25. The lowest BCUT2D eigenvalue weighted by molar-refractivity contribution is 0.0950. The Bertz CT molecular complexity index is 947. The van der Waals surface area contributed by atoms with E-state index < -0.39 is 10.0 Å². The molecule has 3 rings (SSSR count). The summed E-state index contributed by atoms with van der Waals surface area (Å²) in [6.45, 7) is 5.36. The van der Waals surface area contributed by atoms with Gasteiger partial charge in [0.15, 0.2) is 0 Å². The second kappa shape index (κ2) is 10.1. The van der Waals surface area contributed by atoms with E-state index in [1.807, 2.05) is 38.1 Å². The third kappa shape index (κ3) is 5.83. The fourth-order valence-electron chi connectivity index (χ4n) is 3.47. The van der Waals surface area contributed by atoms with Crippen LogP contribution in [0.3, 0.4) is 0 Å². The summed E-state index contributed by atoms with van der Waals surface area (Å²) in [7, 11) is -3.58. The topological polar surface area (TPSA) is 75.7 Å². The van der Waals surface area contributed by atoms with E-state index >= 15 is 0 Å². The fraction of sp³-hybridized carbons (Fsp3) is 0.435. The number of hydrogen-bond donors (Lipinski definition) is 1. The average molecular weight is 431 g/mol. The van der Waals surface area contributed by atoms with Crippen molar-refractivity contribution in [1.82, 2.24) is 9.62 Å². The van der Waals surface area contributed by atoms with Gasteiger partial charge in [0.25, 0.3) is 5.91 Å². The Morgan fingerprint density at radius 2 is 1.70 bits per heavy atom. The number of nitrogens with one attached hydrogen (secondary N) is 1. The van der Waals surface area contributed by atoms with Crippen molar-refractivity contribution < 1.29 is 17.9 Å². The highest BCUT2D eigenvalue weighted by molar-refractivity contribution is 7.89. The minimum Gasteiger partial charge on any atom is -0.491 e. The zero-order valence-corrected chi connectivity index (χ0v) is 18.5. The van der Waals surface area contributed by atoms with E-state index in [9.17, 15) is 13.2 Å². The lowest BCUT2D eigenvalue weighted by Gasteiger charge is -2.20. The van der Waals surface area contributed by atoms with Gasteiger partial charge in [-0.1, -0.05) is 31.0 Å². The molecule has 1 fully saturated rings. The summed E-state index contributed by atoms with van der Waals surface area (Å²) in [4.78, 5) is 12.8. The van der Waals surface area contributed by atoms with E-state index in [0.29, 0.717) is 25.2 Å². The Morgan fingerprint density at radius 3 is 2.33 bits per heavy atom. The average Bonchev–Trinajstić information content (AvgIpc) is 3.03. The molecule has 0 spiro atoms. The number of carbonyl (C=O) groups is 1. The van der Waals surface area contributed by atoms with Crippen molar-refractivity contribution in [2.45, 2.75) is 57.1 Å². The van der Waals surface area contributed by atoms with Crippen molar-refractivity contribution in [3.8, 4) is 5.75 Å². The van der Waals surface area contributed by atoms with Crippen LogP contribution in [0.5, 0.6) is 5.75 Å². The summed E-state index contributed by atoms with van der Waals surface area (Å²) in [5, 5.41) is 2.86. The van der Waals surface area contributed by atoms with E-state index in [0.717, 1.165) is 37.0 Å². The van der Waals surface area contributed by atoms with Gasteiger partial charge in [0.05, 0.1) is 11.0 Å². The number of benzene rings is 2. The second-order valence-electron chi connectivity index (χ2n) is 7.84. The van der Waals surface area contributed by atoms with Crippen LogP contribution in [0.4, 0.5) is 0 Å². The highest BCUT2D eigenvalue weighted by atomic mass is 32.2. The van der Waals surface area contributed by atoms with E-state index in [2.05, 4.69) is 5.32 Å². The summed E-state index contributed by atoms with van der Waals surface area (Å²) in [6.07, 6.45) is 3.97. The minimum atomic E-state index is -3.58. The van der Waals surface area contributed by atoms with E-state index in [1.165, 1.54) is 10.4 Å². The number of amides is 1. The normalized spacial score (nSPS) is 15.6. The molecule has 1 aliphatic rings. The first-order valence-corrected chi connectivity index (χ1v) is 11.9. The molecule has 0 atom stereocenters. The van der Waals surface area contributed by atoms with Crippen molar-refractivity contribution in [1.29, 1.82) is 0 Å². The summed E-state index contributed by atoms with van der Waals surface area (Å²) in [5.41, 5.74) is 1.28. The quantitative estimate of drug-likeness (QED) is 0.721. The van der Waals surface area contributed by atoms with Gasteiger partial charge in [-0.3, -0.25) is 4.79 Å². The van der Waals surface area contributed by atoms with Gasteiger partial charge in [-0.25, -0.2) is 8.42 Å². The zero-order chi connectivity index (χ0) is 21.6. The SMILES string of the molecule is CC(C)Oc1ccc(CNC(=O)c2cccc(S(=O)(=O)N3CCCCCC3)c2)cc1. The van der Waals surface area contributed by atoms with Crippen LogP contribution in [-0.2, 0) is 16.6 Å². The zero-order valence-electron chi connectivity index (χ0n) is 17.6. The molecule has 0 saturated carbocycles. The van der Waals surface area contributed by atoms with Crippen LogP contribution in [0.25, 0.3) is 0 Å². The van der Waals surface area contributed by atoms with E-state index in [-0.39, 0.29) is 16.9 Å². The van der Waals surface area contributed by atoms with Crippen molar-refractivity contribution in [3.63, 3.8) is 0 Å². The molecule has 0 aromatic heterocycles. The summed E-state index contributed by atoms with van der Waals surface area (Å²) in [5.74, 6) is 0.483. The Labute approximate surface area is 179 Å². The van der Waals surface area contributed by atoms with Gasteiger partial charge in [0.2, 0.25) is 10.0 Å². The Hall–Kier alpha value is -2.38. The first-order chi connectivity index (χ1) is 14.4. The van der Waals surface area contributed by atoms with E-state index in [4.69, 9.17) is 4.74 Å². The van der Waals surface area contributed by atoms with Crippen LogP contribution in [0.2, 0.25) is 0 Å². The van der Waals surface area contributed by atoms with Crippen LogP contribution in [0.15, 0.2) is 53.4 Å². The molecular formula is C23H30N2O4S. The molecule has 1 heterocycles. The third-order valence-corrected chi connectivity index (χ3v) is 6.94. The van der Waals surface area contributed by atoms with Gasteiger partial charge in [-0.05, 0) is 62.6 Å². The number of sulfonamides is 1. The van der Waals surface area contributed by atoms with Gasteiger partial charge < -0.3 is 10.1 Å². The minimum absolute atomic E-state index is 0.105. The molecule has 1 saturated heterocycles. The van der Waals surface area contributed by atoms with Crippen LogP contribution in [0.1, 0.15) is 55.5 Å². The predicted molar refractivity (Wildman–Crippen MR) is 117 cm³/mol. The predicted octanol–water partition coefficient (Wildman–Crippen LogP) is 3.97. The van der Waals surface area contributed by atoms with E-state index in [1.54, 1.807) is 18.2 Å². The molecular weight excluding hydrogens is 400 g/mol. The summed E-state index contributed by atoms with van der Waals surface area (Å²) >= 11 is 0. The molecule has 1 amide bonds. The molecule has 0 unspecified atom stereocenters. The number of rotatable bonds is 7. The Morgan fingerprint density at radius 1 is 1.03 bits per heavy atom. The number of hydrogen-bond acceptors (Lipinski definition) is 4. The van der Waals surface area contributed by atoms with Gasteiger partial charge in [-0.15, -0.1) is 0 Å². The van der Waals surface area contributed by atoms with Gasteiger partial charge in [0.1, 0.15) is 5.75 Å². The first kappa shape index (κ1) is 22.3. The monoisotopic (exact) mass is 430 g/mol. The lowest BCUT2D eigenvalue weighted by Crippen LogP contribution is -2.32. The maximum Gasteiger partial charge on any atom is 0.251 e. The van der Waals surface area contributed by atoms with Crippen molar-refractivity contribution in [2.75, 3.05) is 13.1 Å². The maximum absolute atomic E-state index is 13.0. The molecule has 2 aromatic carbocycles. The molecule has 162 valence electrons. The van der Waals surface area contributed by atoms with Crippen molar-refractivity contribution in [2.24, 2.45) is 0 Å². The Balaban J connectivity index is 1.65. The molecule has 0 radical (unpaired) electrons. The van der Waals surface area contributed by atoms with Gasteiger partial charge >= 0.3 is 0 Å². The molecule has 2 aromatic rings. The molecule has 0 aliphatic carbocycles. The molecule has 0 bridgehead atoms. The molecule has 30 heavy (non-hydrogen) atoms. The molecule has 1 N–H and O–H groups in total. The Kier molecular flexibility index (Phi) is 7.50. The fourth-order valence-corrected chi connectivity index (χ4v) is 5.03. The van der Waals surface area contributed by atoms with Crippen LogP contribution >= 0.6 is 0 Å².